The second-order valence-corrected chi connectivity index (χ2v) is 6.49. The van der Waals surface area contributed by atoms with Gasteiger partial charge in [-0.1, -0.05) is 24.6 Å². The summed E-state index contributed by atoms with van der Waals surface area (Å²) in [6, 6.07) is 8.15. The smallest absolute Gasteiger partial charge is 0.0426 e. The number of benzene rings is 1. The third-order valence-corrected chi connectivity index (χ3v) is 4.54. The van der Waals surface area contributed by atoms with Crippen LogP contribution in [0.2, 0.25) is 5.02 Å². The zero-order chi connectivity index (χ0) is 14.4. The molecule has 112 valence electrons. The van der Waals surface area contributed by atoms with Crippen LogP contribution in [0.5, 0.6) is 0 Å². The van der Waals surface area contributed by atoms with Gasteiger partial charge in [0.25, 0.3) is 0 Å². The Labute approximate surface area is 132 Å². The molecule has 2 nitrogen and oxygen atoms in total. The van der Waals surface area contributed by atoms with Crippen molar-refractivity contribution in [1.82, 2.24) is 4.90 Å². The molecule has 2 rings (SSSR count). The Morgan fingerprint density at radius 1 is 1.15 bits per heavy atom. The van der Waals surface area contributed by atoms with Gasteiger partial charge in [0.1, 0.15) is 0 Å². The van der Waals surface area contributed by atoms with E-state index in [1.807, 2.05) is 12.1 Å². The number of piperazine rings is 1. The summed E-state index contributed by atoms with van der Waals surface area (Å²) in [5, 5.41) is 0.819. The molecule has 1 aromatic carbocycles. The number of halogens is 2. The minimum absolute atomic E-state index is 0.735. The summed E-state index contributed by atoms with van der Waals surface area (Å²) in [5.74, 6) is 1.52. The Morgan fingerprint density at radius 3 is 2.55 bits per heavy atom. The molecule has 1 unspecified atom stereocenters. The molecule has 0 aliphatic carbocycles. The lowest BCUT2D eigenvalue weighted by Gasteiger charge is -2.36. The maximum absolute atomic E-state index is 6.06. The Hall–Kier alpha value is -0.440. The fraction of sp³-hybridized carbons (Fsp3) is 0.625. The molecule has 0 bridgehead atoms. The molecule has 1 aliphatic rings. The molecule has 1 saturated heterocycles. The number of hydrogen-bond donors (Lipinski definition) is 0. The molecule has 1 aromatic rings. The van der Waals surface area contributed by atoms with Crippen molar-refractivity contribution >= 4 is 28.9 Å². The molecule has 1 fully saturated rings. The molecule has 0 saturated carbocycles. The van der Waals surface area contributed by atoms with E-state index >= 15 is 0 Å². The fourth-order valence-electron chi connectivity index (χ4n) is 2.64. The second-order valence-electron chi connectivity index (χ2n) is 5.68. The van der Waals surface area contributed by atoms with Crippen LogP contribution in [0.25, 0.3) is 0 Å². The summed E-state index contributed by atoms with van der Waals surface area (Å²) in [6.45, 7) is 7.95. The lowest BCUT2D eigenvalue weighted by Crippen LogP contribution is -2.46. The van der Waals surface area contributed by atoms with Crippen LogP contribution < -0.4 is 4.90 Å². The monoisotopic (exact) mass is 314 g/mol. The van der Waals surface area contributed by atoms with E-state index in [0.29, 0.717) is 0 Å². The van der Waals surface area contributed by atoms with Crippen molar-refractivity contribution in [3.8, 4) is 0 Å². The number of hydrogen-bond acceptors (Lipinski definition) is 2. The van der Waals surface area contributed by atoms with Gasteiger partial charge in [-0.05, 0) is 43.5 Å². The van der Waals surface area contributed by atoms with Crippen LogP contribution in [0, 0.1) is 5.92 Å². The molecule has 1 aliphatic heterocycles. The van der Waals surface area contributed by atoms with E-state index < -0.39 is 0 Å². The molecule has 1 heterocycles. The van der Waals surface area contributed by atoms with Gasteiger partial charge in [-0.15, -0.1) is 11.6 Å². The molecule has 20 heavy (non-hydrogen) atoms. The van der Waals surface area contributed by atoms with Gasteiger partial charge in [-0.3, -0.25) is 4.90 Å². The van der Waals surface area contributed by atoms with Crippen molar-refractivity contribution in [3.05, 3.63) is 29.3 Å². The van der Waals surface area contributed by atoms with Gasteiger partial charge in [-0.2, -0.15) is 0 Å². The Morgan fingerprint density at radius 2 is 1.90 bits per heavy atom. The van der Waals surface area contributed by atoms with Gasteiger partial charge in [-0.25, -0.2) is 0 Å². The highest BCUT2D eigenvalue weighted by Gasteiger charge is 2.17. The predicted octanol–water partition coefficient (Wildman–Crippen LogP) is 4.12. The largest absolute Gasteiger partial charge is 0.369 e. The summed E-state index contributed by atoms with van der Waals surface area (Å²) in [6.07, 6.45) is 2.38. The number of anilines is 1. The summed E-state index contributed by atoms with van der Waals surface area (Å²) >= 11 is 11.8. The van der Waals surface area contributed by atoms with Gasteiger partial charge in [0.05, 0.1) is 0 Å². The summed E-state index contributed by atoms with van der Waals surface area (Å²) in [5.41, 5.74) is 1.24. The highest BCUT2D eigenvalue weighted by molar-refractivity contribution is 6.30. The third-order valence-electron chi connectivity index (χ3n) is 4.09. The molecular weight excluding hydrogens is 291 g/mol. The highest BCUT2D eigenvalue weighted by atomic mass is 35.5. The van der Waals surface area contributed by atoms with Crippen LogP contribution in [0.1, 0.15) is 19.8 Å². The zero-order valence-corrected chi connectivity index (χ0v) is 13.7. The SMILES string of the molecule is CC(CCCl)CCN1CCN(c2cccc(Cl)c2)CC1. The fourth-order valence-corrected chi connectivity index (χ4v) is 3.19. The molecule has 0 aromatic heterocycles. The van der Waals surface area contributed by atoms with E-state index in [-0.39, 0.29) is 0 Å². The molecular formula is C16H24Cl2N2. The number of alkyl halides is 1. The molecule has 1 atom stereocenters. The van der Waals surface area contributed by atoms with Crippen molar-refractivity contribution in [2.24, 2.45) is 5.92 Å². The van der Waals surface area contributed by atoms with Crippen molar-refractivity contribution in [2.45, 2.75) is 19.8 Å². The van der Waals surface area contributed by atoms with Crippen LogP contribution in [0.3, 0.4) is 0 Å². The lowest BCUT2D eigenvalue weighted by molar-refractivity contribution is 0.240. The third kappa shape index (κ3) is 4.83. The van der Waals surface area contributed by atoms with Crippen LogP contribution in [-0.4, -0.2) is 43.5 Å². The van der Waals surface area contributed by atoms with Crippen LogP contribution in [0.15, 0.2) is 24.3 Å². The standard InChI is InChI=1S/C16H24Cl2N2/c1-14(5-7-17)6-8-19-9-11-20(12-10-19)16-4-2-3-15(18)13-16/h2-4,13-14H,5-12H2,1H3. The number of nitrogens with zero attached hydrogens (tertiary/aromatic N) is 2. The molecule has 0 spiro atoms. The van der Waals surface area contributed by atoms with Gasteiger partial charge in [0.2, 0.25) is 0 Å². The quantitative estimate of drug-likeness (QED) is 0.729. The highest BCUT2D eigenvalue weighted by Crippen LogP contribution is 2.21. The summed E-state index contributed by atoms with van der Waals surface area (Å²) in [7, 11) is 0. The van der Waals surface area contributed by atoms with Crippen molar-refractivity contribution in [3.63, 3.8) is 0 Å². The molecule has 0 amide bonds. The first-order valence-corrected chi connectivity index (χ1v) is 8.39. The zero-order valence-electron chi connectivity index (χ0n) is 12.2. The molecule has 4 heteroatoms. The van der Waals surface area contributed by atoms with Crippen LogP contribution in [0.4, 0.5) is 5.69 Å². The molecule has 0 radical (unpaired) electrons. The average molecular weight is 315 g/mol. The molecule has 0 N–H and O–H groups in total. The summed E-state index contributed by atoms with van der Waals surface area (Å²) in [4.78, 5) is 4.98. The first-order valence-electron chi connectivity index (χ1n) is 7.48. The maximum atomic E-state index is 6.06. The predicted molar refractivity (Wildman–Crippen MR) is 89.2 cm³/mol. The van der Waals surface area contributed by atoms with Crippen molar-refractivity contribution in [1.29, 1.82) is 0 Å². The van der Waals surface area contributed by atoms with Gasteiger partial charge < -0.3 is 4.90 Å². The second kappa shape index (κ2) is 8.11. The minimum atomic E-state index is 0.735. The van der Waals surface area contributed by atoms with Crippen molar-refractivity contribution in [2.75, 3.05) is 43.5 Å². The normalized spacial score (nSPS) is 18.2. The average Bonchev–Trinajstić information content (AvgIpc) is 2.46. The van der Waals surface area contributed by atoms with Crippen molar-refractivity contribution < 1.29 is 0 Å². The van der Waals surface area contributed by atoms with E-state index in [2.05, 4.69) is 28.9 Å². The Balaban J connectivity index is 1.75. The van der Waals surface area contributed by atoms with E-state index in [9.17, 15) is 0 Å². The van der Waals surface area contributed by atoms with Gasteiger partial charge in [0, 0.05) is 42.8 Å². The maximum Gasteiger partial charge on any atom is 0.0426 e. The van der Waals surface area contributed by atoms with Gasteiger partial charge in [0.15, 0.2) is 0 Å². The first-order chi connectivity index (χ1) is 9.69. The van der Waals surface area contributed by atoms with E-state index in [0.717, 1.165) is 49.4 Å². The van der Waals surface area contributed by atoms with E-state index in [1.54, 1.807) is 0 Å². The Bertz CT molecular complexity index is 403. The lowest BCUT2D eigenvalue weighted by atomic mass is 10.0. The Kier molecular flexibility index (Phi) is 6.47. The van der Waals surface area contributed by atoms with Crippen LogP contribution >= 0.6 is 23.2 Å². The number of rotatable bonds is 6. The van der Waals surface area contributed by atoms with Gasteiger partial charge >= 0.3 is 0 Å². The van der Waals surface area contributed by atoms with E-state index in [1.165, 1.54) is 18.7 Å². The first kappa shape index (κ1) is 15.9. The minimum Gasteiger partial charge on any atom is -0.369 e. The summed E-state index contributed by atoms with van der Waals surface area (Å²) < 4.78 is 0. The van der Waals surface area contributed by atoms with Crippen LogP contribution in [-0.2, 0) is 0 Å². The van der Waals surface area contributed by atoms with E-state index in [4.69, 9.17) is 23.2 Å². The topological polar surface area (TPSA) is 6.48 Å².